The molecular formula is KNaNiO8S2. The van der Waals surface area contributed by atoms with Gasteiger partial charge in [0.2, 0.25) is 0 Å². The van der Waals surface area contributed by atoms with Gasteiger partial charge in [-0.25, -0.2) is 0 Å². The van der Waals surface area contributed by atoms with E-state index in [0.717, 1.165) is 0 Å². The molecule has 0 fully saturated rings. The van der Waals surface area contributed by atoms with Crippen LogP contribution in [0.4, 0.5) is 0 Å². The van der Waals surface area contributed by atoms with Gasteiger partial charge in [-0.15, -0.1) is 0 Å². The topological polar surface area (TPSA) is 161 Å². The Morgan fingerprint density at radius 2 is 0.692 bits per heavy atom. The molecule has 0 saturated carbocycles. The Balaban J connectivity index is -0.0000000267. The molecule has 72 valence electrons. The summed E-state index contributed by atoms with van der Waals surface area (Å²) in [5.74, 6) is 0. The van der Waals surface area contributed by atoms with E-state index in [0.29, 0.717) is 0 Å². The van der Waals surface area contributed by atoms with Gasteiger partial charge in [-0.2, -0.15) is 0 Å². The summed E-state index contributed by atoms with van der Waals surface area (Å²) >= 11 is 0. The van der Waals surface area contributed by atoms with Crippen LogP contribution in [0.5, 0.6) is 0 Å². The van der Waals surface area contributed by atoms with Crippen molar-refractivity contribution in [1.82, 2.24) is 0 Å². The quantitative estimate of drug-likeness (QED) is 0.242. The fourth-order valence-electron chi connectivity index (χ4n) is 0. The van der Waals surface area contributed by atoms with Crippen molar-refractivity contribution in [3.05, 3.63) is 0 Å². The molecule has 8 nitrogen and oxygen atoms in total. The molecule has 0 aliphatic rings. The molecule has 0 aromatic heterocycles. The normalized spacial score (nSPS) is 8.92. The molecule has 0 aromatic carbocycles. The smallest absolute Gasteiger partial charge is 0.759 e. The second-order valence-electron chi connectivity index (χ2n) is 0.816. The van der Waals surface area contributed by atoms with Crippen molar-refractivity contribution in [1.29, 1.82) is 0 Å². The molecule has 0 amide bonds. The monoisotopic (exact) mass is 312 g/mol. The van der Waals surface area contributed by atoms with Crippen molar-refractivity contribution in [2.75, 3.05) is 0 Å². The molecule has 0 heterocycles. The third-order valence-corrected chi connectivity index (χ3v) is 0. The zero-order chi connectivity index (χ0) is 9.00. The van der Waals surface area contributed by atoms with E-state index in [1.165, 1.54) is 0 Å². The largest absolute Gasteiger partial charge is 2.00 e. The van der Waals surface area contributed by atoms with Crippen molar-refractivity contribution in [3.8, 4) is 0 Å². The van der Waals surface area contributed by atoms with E-state index in [4.69, 9.17) is 35.0 Å². The molecule has 0 atom stereocenters. The minimum Gasteiger partial charge on any atom is -0.759 e. The van der Waals surface area contributed by atoms with Gasteiger partial charge in [0.25, 0.3) is 0 Å². The first kappa shape index (κ1) is 29.7. The summed E-state index contributed by atoms with van der Waals surface area (Å²) in [6.07, 6.45) is 0. The van der Waals surface area contributed by atoms with Gasteiger partial charge >= 0.3 is 97.4 Å². The van der Waals surface area contributed by atoms with Gasteiger partial charge in [0.05, 0.1) is 0 Å². The van der Waals surface area contributed by atoms with Crippen LogP contribution in [0.15, 0.2) is 0 Å². The van der Waals surface area contributed by atoms with E-state index in [2.05, 4.69) is 0 Å². The van der Waals surface area contributed by atoms with Gasteiger partial charge in [0.15, 0.2) is 0 Å². The number of hydrogen-bond acceptors (Lipinski definition) is 8. The third kappa shape index (κ3) is 299. The molecule has 0 aromatic rings. The first-order valence-electron chi connectivity index (χ1n) is 1.33. The molecule has 0 rings (SSSR count). The van der Waals surface area contributed by atoms with Crippen LogP contribution in [-0.2, 0) is 37.3 Å². The summed E-state index contributed by atoms with van der Waals surface area (Å²) in [5.41, 5.74) is 0. The minimum absolute atomic E-state index is 0. The zero-order valence-electron chi connectivity index (χ0n) is 6.40. The summed E-state index contributed by atoms with van der Waals surface area (Å²) in [5, 5.41) is 0. The van der Waals surface area contributed by atoms with Crippen molar-refractivity contribution in [2.45, 2.75) is 0 Å². The Kier molecular flexibility index (Phi) is 29.6. The molecule has 0 unspecified atom stereocenters. The van der Waals surface area contributed by atoms with Crippen LogP contribution in [0.3, 0.4) is 0 Å². The molecule has 0 saturated heterocycles. The van der Waals surface area contributed by atoms with Gasteiger partial charge in [-0.1, -0.05) is 0 Å². The number of rotatable bonds is 0. The van der Waals surface area contributed by atoms with E-state index in [1.54, 1.807) is 0 Å². The Labute approximate surface area is 150 Å². The first-order chi connectivity index (χ1) is 4.00. The van der Waals surface area contributed by atoms with Gasteiger partial charge < -0.3 is 18.2 Å². The van der Waals surface area contributed by atoms with Crippen molar-refractivity contribution >= 4 is 20.8 Å². The molecule has 13 heteroatoms. The van der Waals surface area contributed by atoms with Gasteiger partial charge in [-0.05, 0) is 0 Å². The Bertz CT molecular complexity index is 219. The molecule has 0 bridgehead atoms. The summed E-state index contributed by atoms with van der Waals surface area (Å²) in [6.45, 7) is 0. The van der Waals surface area contributed by atoms with Crippen LogP contribution in [0.25, 0.3) is 0 Å². The fourth-order valence-corrected chi connectivity index (χ4v) is 0. The minimum atomic E-state index is -5.17. The van der Waals surface area contributed by atoms with E-state index in [-0.39, 0.29) is 97.4 Å². The molecule has 0 aliphatic heterocycles. The average molecular weight is 313 g/mol. The molecule has 13 heavy (non-hydrogen) atoms. The molecular weight excluding hydrogens is 313 g/mol. The number of hydrogen-bond donors (Lipinski definition) is 0. The summed E-state index contributed by atoms with van der Waals surface area (Å²) in [4.78, 5) is 0. The first-order valence-corrected chi connectivity index (χ1v) is 4.00. The van der Waals surface area contributed by atoms with Crippen LogP contribution in [0.2, 0.25) is 0 Å². The van der Waals surface area contributed by atoms with Gasteiger partial charge in [0.1, 0.15) is 0 Å². The van der Waals surface area contributed by atoms with Gasteiger partial charge in [0, 0.05) is 20.8 Å². The van der Waals surface area contributed by atoms with E-state index in [1.807, 2.05) is 0 Å². The fraction of sp³-hybridized carbons (Fsp3) is 0. The van der Waals surface area contributed by atoms with E-state index in [9.17, 15) is 0 Å². The summed E-state index contributed by atoms with van der Waals surface area (Å²) in [7, 11) is -10.3. The van der Waals surface area contributed by atoms with Crippen LogP contribution >= 0.6 is 0 Å². The van der Waals surface area contributed by atoms with E-state index >= 15 is 0 Å². The zero-order valence-corrected chi connectivity index (χ0v) is 14.1. The molecule has 0 spiro atoms. The molecule has 0 aliphatic carbocycles. The van der Waals surface area contributed by atoms with Crippen LogP contribution in [0.1, 0.15) is 0 Å². The Hall–Kier alpha value is 2.87. The Morgan fingerprint density at radius 3 is 0.692 bits per heavy atom. The van der Waals surface area contributed by atoms with E-state index < -0.39 is 20.8 Å². The second-order valence-corrected chi connectivity index (χ2v) is 2.45. The predicted molar refractivity (Wildman–Crippen MR) is 20.9 cm³/mol. The standard InChI is InChI=1S/K.Na.Ni.2H2O4S/c;;;2*1-5(2,3)4/h;;;2*(H2,1,2,3,4)/q2*+1;+2;;/p-4. The third-order valence-electron chi connectivity index (χ3n) is 0. The van der Waals surface area contributed by atoms with Crippen molar-refractivity contribution < 1.29 is 132 Å². The summed E-state index contributed by atoms with van der Waals surface area (Å²) < 4.78 is 68.2. The van der Waals surface area contributed by atoms with Gasteiger partial charge in [-0.3, -0.25) is 16.8 Å². The van der Waals surface area contributed by atoms with Crippen LogP contribution < -0.4 is 80.9 Å². The molecule has 0 N–H and O–H groups in total. The van der Waals surface area contributed by atoms with Crippen LogP contribution in [0, 0.1) is 0 Å². The second kappa shape index (κ2) is 12.9. The maximum absolute atomic E-state index is 8.52. The van der Waals surface area contributed by atoms with Crippen molar-refractivity contribution in [3.63, 3.8) is 0 Å². The maximum Gasteiger partial charge on any atom is 2.00 e. The SMILES string of the molecule is O=S(=O)([O-])[O-].O=S(=O)([O-])[O-].[K+].[Na+].[Ni+2]. The van der Waals surface area contributed by atoms with Crippen LogP contribution in [-0.4, -0.2) is 35.0 Å². The maximum atomic E-state index is 8.52. The predicted octanol–water partition coefficient (Wildman–Crippen LogP) is -8.67. The molecule has 0 radical (unpaired) electrons. The average Bonchev–Trinajstić information content (AvgIpc) is 1.12. The Morgan fingerprint density at radius 1 is 0.692 bits per heavy atom. The van der Waals surface area contributed by atoms with Crippen molar-refractivity contribution in [2.24, 2.45) is 0 Å². The summed E-state index contributed by atoms with van der Waals surface area (Å²) in [6, 6.07) is 0.